The topological polar surface area (TPSA) is 105 Å². The van der Waals surface area contributed by atoms with Crippen molar-refractivity contribution in [3.63, 3.8) is 0 Å². The zero-order chi connectivity index (χ0) is 15.3. The van der Waals surface area contributed by atoms with Gasteiger partial charge < -0.3 is 10.6 Å². The van der Waals surface area contributed by atoms with Gasteiger partial charge in [0, 0.05) is 26.3 Å². The number of nitrogens with zero attached hydrogens (tertiary/aromatic N) is 2. The summed E-state index contributed by atoms with van der Waals surface area (Å²) in [6, 6.07) is 2.12. The Hall–Kier alpha value is -1.51. The highest BCUT2D eigenvalue weighted by Crippen LogP contribution is 2.09. The molecule has 0 aromatic carbocycles. The van der Waals surface area contributed by atoms with E-state index in [9.17, 15) is 13.2 Å². The molecule has 112 valence electrons. The minimum atomic E-state index is -3.77. The van der Waals surface area contributed by atoms with E-state index < -0.39 is 16.1 Å². The second-order valence-electron chi connectivity index (χ2n) is 4.38. The zero-order valence-corrected chi connectivity index (χ0v) is 12.6. The summed E-state index contributed by atoms with van der Waals surface area (Å²) in [6.45, 7) is 4.07. The number of aromatic nitrogens is 1. The molecule has 1 heterocycles. The van der Waals surface area contributed by atoms with Crippen molar-refractivity contribution < 1.29 is 13.2 Å². The van der Waals surface area contributed by atoms with Crippen LogP contribution in [0.5, 0.6) is 0 Å². The minimum Gasteiger partial charge on any atom is -0.345 e. The van der Waals surface area contributed by atoms with Crippen molar-refractivity contribution in [2.24, 2.45) is 5.73 Å². The maximum atomic E-state index is 12.1. The summed E-state index contributed by atoms with van der Waals surface area (Å²) in [7, 11) is -2.16. The fourth-order valence-electron chi connectivity index (χ4n) is 1.53. The summed E-state index contributed by atoms with van der Waals surface area (Å²) in [4.78, 5) is 17.2. The first-order chi connectivity index (χ1) is 9.31. The second kappa shape index (κ2) is 6.78. The standard InChI is InChI=1S/C12H20N4O3S/c1-4-16(3)12(17)9(2)15-20(18,19)11-6-5-10(7-13)14-8-11/h5-6,8-9,15H,4,7,13H2,1-3H3. The van der Waals surface area contributed by atoms with Gasteiger partial charge >= 0.3 is 0 Å². The lowest BCUT2D eigenvalue weighted by Crippen LogP contribution is -2.45. The van der Waals surface area contributed by atoms with Crippen LogP contribution in [-0.4, -0.2) is 43.8 Å². The lowest BCUT2D eigenvalue weighted by molar-refractivity contribution is -0.131. The van der Waals surface area contributed by atoms with Crippen molar-refractivity contribution in [2.45, 2.75) is 31.3 Å². The van der Waals surface area contributed by atoms with E-state index in [1.807, 2.05) is 6.92 Å². The average Bonchev–Trinajstić information content (AvgIpc) is 2.45. The van der Waals surface area contributed by atoms with Crippen LogP contribution >= 0.6 is 0 Å². The molecule has 0 aliphatic carbocycles. The largest absolute Gasteiger partial charge is 0.345 e. The number of nitrogens with one attached hydrogen (secondary N) is 1. The van der Waals surface area contributed by atoms with Crippen molar-refractivity contribution in [3.05, 3.63) is 24.0 Å². The highest BCUT2D eigenvalue weighted by atomic mass is 32.2. The summed E-state index contributed by atoms with van der Waals surface area (Å²) in [5, 5.41) is 0. The minimum absolute atomic E-state index is 0.00787. The monoisotopic (exact) mass is 300 g/mol. The van der Waals surface area contributed by atoms with Crippen LogP contribution in [-0.2, 0) is 21.4 Å². The van der Waals surface area contributed by atoms with E-state index in [1.54, 1.807) is 13.1 Å². The predicted octanol–water partition coefficient (Wildman–Crippen LogP) is -0.315. The lowest BCUT2D eigenvalue weighted by atomic mass is 10.3. The molecule has 1 aromatic rings. The van der Waals surface area contributed by atoms with E-state index in [2.05, 4.69) is 9.71 Å². The molecule has 7 nitrogen and oxygen atoms in total. The number of sulfonamides is 1. The molecule has 20 heavy (non-hydrogen) atoms. The first-order valence-corrected chi connectivity index (χ1v) is 7.72. The molecule has 0 radical (unpaired) electrons. The molecule has 1 rings (SSSR count). The van der Waals surface area contributed by atoms with Gasteiger partial charge in [-0.15, -0.1) is 0 Å². The van der Waals surface area contributed by atoms with Gasteiger partial charge in [-0.2, -0.15) is 4.72 Å². The van der Waals surface area contributed by atoms with E-state index >= 15 is 0 Å². The number of pyridine rings is 1. The Morgan fingerprint density at radius 3 is 2.60 bits per heavy atom. The van der Waals surface area contributed by atoms with Crippen molar-refractivity contribution in [2.75, 3.05) is 13.6 Å². The van der Waals surface area contributed by atoms with Crippen LogP contribution in [0.3, 0.4) is 0 Å². The smallest absolute Gasteiger partial charge is 0.242 e. The Morgan fingerprint density at radius 1 is 1.50 bits per heavy atom. The molecule has 3 N–H and O–H groups in total. The number of likely N-dealkylation sites (N-methyl/N-ethyl adjacent to an activating group) is 1. The molecular formula is C12H20N4O3S. The number of hydrogen-bond acceptors (Lipinski definition) is 5. The summed E-state index contributed by atoms with van der Waals surface area (Å²) in [6.07, 6.45) is 1.23. The summed E-state index contributed by atoms with van der Waals surface area (Å²) in [5.41, 5.74) is 6.00. The molecule has 0 aliphatic heterocycles. The quantitative estimate of drug-likeness (QED) is 0.749. The highest BCUT2D eigenvalue weighted by Gasteiger charge is 2.23. The molecule has 1 unspecified atom stereocenters. The second-order valence-corrected chi connectivity index (χ2v) is 6.10. The van der Waals surface area contributed by atoms with Gasteiger partial charge in [-0.1, -0.05) is 0 Å². The average molecular weight is 300 g/mol. The number of amides is 1. The predicted molar refractivity (Wildman–Crippen MR) is 75.2 cm³/mol. The van der Waals surface area contributed by atoms with Crippen LogP contribution in [0.15, 0.2) is 23.2 Å². The number of nitrogens with two attached hydrogens (primary N) is 1. The fraction of sp³-hybridized carbons (Fsp3) is 0.500. The van der Waals surface area contributed by atoms with Crippen LogP contribution in [0.25, 0.3) is 0 Å². The van der Waals surface area contributed by atoms with Crippen LogP contribution < -0.4 is 10.5 Å². The van der Waals surface area contributed by atoms with Gasteiger partial charge in [0.15, 0.2) is 0 Å². The summed E-state index contributed by atoms with van der Waals surface area (Å²) < 4.78 is 26.5. The first-order valence-electron chi connectivity index (χ1n) is 6.24. The molecule has 0 bridgehead atoms. The van der Waals surface area contributed by atoms with Gasteiger partial charge in [-0.25, -0.2) is 8.42 Å². The molecule has 0 saturated heterocycles. The Bertz CT molecular complexity index is 557. The molecule has 1 amide bonds. The molecular weight excluding hydrogens is 280 g/mol. The third-order valence-corrected chi connectivity index (χ3v) is 4.40. The number of carbonyl (C=O) groups excluding carboxylic acids is 1. The molecule has 0 fully saturated rings. The number of hydrogen-bond donors (Lipinski definition) is 2. The van der Waals surface area contributed by atoms with Gasteiger partial charge in [-0.05, 0) is 26.0 Å². The van der Waals surface area contributed by atoms with Gasteiger partial charge in [0.2, 0.25) is 15.9 Å². The van der Waals surface area contributed by atoms with Crippen LogP contribution in [0, 0.1) is 0 Å². The summed E-state index contributed by atoms with van der Waals surface area (Å²) in [5.74, 6) is -0.289. The molecule has 1 atom stereocenters. The Balaban J connectivity index is 2.86. The third kappa shape index (κ3) is 3.99. The van der Waals surface area contributed by atoms with E-state index in [0.29, 0.717) is 12.2 Å². The van der Waals surface area contributed by atoms with Gasteiger partial charge in [0.25, 0.3) is 0 Å². The third-order valence-electron chi connectivity index (χ3n) is 2.87. The zero-order valence-electron chi connectivity index (χ0n) is 11.8. The van der Waals surface area contributed by atoms with Crippen molar-refractivity contribution >= 4 is 15.9 Å². The van der Waals surface area contributed by atoms with E-state index in [-0.39, 0.29) is 17.3 Å². The SMILES string of the molecule is CCN(C)C(=O)C(C)NS(=O)(=O)c1ccc(CN)nc1. The van der Waals surface area contributed by atoms with Gasteiger partial charge in [0.05, 0.1) is 11.7 Å². The van der Waals surface area contributed by atoms with Crippen LogP contribution in [0.4, 0.5) is 0 Å². The number of rotatable bonds is 6. The molecule has 8 heteroatoms. The van der Waals surface area contributed by atoms with E-state index in [4.69, 9.17) is 5.73 Å². The summed E-state index contributed by atoms with van der Waals surface area (Å²) >= 11 is 0. The maximum absolute atomic E-state index is 12.1. The number of carbonyl (C=O) groups is 1. The van der Waals surface area contributed by atoms with Gasteiger partial charge in [0.1, 0.15) is 4.90 Å². The van der Waals surface area contributed by atoms with Crippen LogP contribution in [0.2, 0.25) is 0 Å². The molecule has 0 aliphatic rings. The molecule has 0 saturated carbocycles. The van der Waals surface area contributed by atoms with Crippen molar-refractivity contribution in [1.82, 2.24) is 14.6 Å². The molecule has 0 spiro atoms. The van der Waals surface area contributed by atoms with E-state index in [1.165, 1.54) is 24.1 Å². The van der Waals surface area contributed by atoms with Crippen molar-refractivity contribution in [1.29, 1.82) is 0 Å². The normalized spacial score (nSPS) is 13.0. The van der Waals surface area contributed by atoms with E-state index in [0.717, 1.165) is 0 Å². The molecule has 1 aromatic heterocycles. The van der Waals surface area contributed by atoms with Crippen LogP contribution in [0.1, 0.15) is 19.5 Å². The van der Waals surface area contributed by atoms with Gasteiger partial charge in [-0.3, -0.25) is 9.78 Å². The highest BCUT2D eigenvalue weighted by molar-refractivity contribution is 7.89. The van der Waals surface area contributed by atoms with Crippen molar-refractivity contribution in [3.8, 4) is 0 Å². The Labute approximate surface area is 119 Å². The lowest BCUT2D eigenvalue weighted by Gasteiger charge is -2.20. The maximum Gasteiger partial charge on any atom is 0.242 e. The Kier molecular flexibility index (Phi) is 5.61. The Morgan fingerprint density at radius 2 is 2.15 bits per heavy atom. The first kappa shape index (κ1) is 16.5. The fourth-order valence-corrected chi connectivity index (χ4v) is 2.67.